The van der Waals surface area contributed by atoms with E-state index in [4.69, 9.17) is 0 Å². The zero-order valence-corrected chi connectivity index (χ0v) is 21.7. The van der Waals surface area contributed by atoms with Crippen molar-refractivity contribution in [3.05, 3.63) is 99.1 Å². The SMILES string of the molecule is O=C(c1ccccc1)N1CCN(C2CN(C(=O)c3ccc(NCc4ccccc4)c(I)c3)C2)CC1. The van der Waals surface area contributed by atoms with E-state index in [0.29, 0.717) is 6.04 Å². The van der Waals surface area contributed by atoms with Crippen molar-refractivity contribution in [3.63, 3.8) is 0 Å². The number of nitrogens with one attached hydrogen (secondary N) is 1. The Morgan fingerprint density at radius 1 is 0.771 bits per heavy atom. The number of hydrogen-bond acceptors (Lipinski definition) is 4. The number of piperazine rings is 1. The maximum absolute atomic E-state index is 13.0. The second kappa shape index (κ2) is 10.8. The maximum Gasteiger partial charge on any atom is 0.254 e. The minimum atomic E-state index is 0.0895. The van der Waals surface area contributed by atoms with Crippen LogP contribution in [0.2, 0.25) is 0 Å². The summed E-state index contributed by atoms with van der Waals surface area (Å²) in [6.45, 7) is 5.41. The molecule has 0 aromatic heterocycles. The standard InChI is InChI=1S/C28H29IN4O2/c29-25-17-23(11-12-26(25)30-18-21-7-3-1-4-8-21)28(35)33-19-24(20-33)31-13-15-32(16-14-31)27(34)22-9-5-2-6-10-22/h1-12,17,24,30H,13-16,18-20H2. The highest BCUT2D eigenvalue weighted by Crippen LogP contribution is 2.24. The lowest BCUT2D eigenvalue weighted by Gasteiger charge is -2.48. The molecule has 2 fully saturated rings. The Hall–Kier alpha value is -2.91. The number of carbonyl (C=O) groups excluding carboxylic acids is 2. The van der Waals surface area contributed by atoms with Crippen LogP contribution >= 0.6 is 22.6 Å². The molecular weight excluding hydrogens is 551 g/mol. The van der Waals surface area contributed by atoms with Gasteiger partial charge in [-0.05, 0) is 58.5 Å². The first kappa shape index (κ1) is 23.8. The fourth-order valence-corrected chi connectivity index (χ4v) is 5.38. The van der Waals surface area contributed by atoms with Crippen LogP contribution in [-0.2, 0) is 6.54 Å². The van der Waals surface area contributed by atoms with Gasteiger partial charge >= 0.3 is 0 Å². The first-order valence-corrected chi connectivity index (χ1v) is 13.1. The van der Waals surface area contributed by atoms with Crippen LogP contribution in [-0.4, -0.2) is 71.8 Å². The van der Waals surface area contributed by atoms with Gasteiger partial charge < -0.3 is 15.1 Å². The Morgan fingerprint density at radius 3 is 2.06 bits per heavy atom. The van der Waals surface area contributed by atoms with Gasteiger partial charge in [-0.25, -0.2) is 0 Å². The summed E-state index contributed by atoms with van der Waals surface area (Å²) >= 11 is 2.29. The van der Waals surface area contributed by atoms with Gasteiger partial charge in [0.25, 0.3) is 11.8 Å². The highest BCUT2D eigenvalue weighted by molar-refractivity contribution is 14.1. The van der Waals surface area contributed by atoms with Crippen molar-refractivity contribution in [2.75, 3.05) is 44.6 Å². The van der Waals surface area contributed by atoms with Gasteiger partial charge in [0, 0.05) is 72.2 Å². The lowest BCUT2D eigenvalue weighted by Crippen LogP contribution is -2.64. The van der Waals surface area contributed by atoms with Gasteiger partial charge in [0.1, 0.15) is 0 Å². The lowest BCUT2D eigenvalue weighted by atomic mass is 10.0. The maximum atomic E-state index is 13.0. The van der Waals surface area contributed by atoms with Crippen molar-refractivity contribution in [3.8, 4) is 0 Å². The molecule has 0 aliphatic carbocycles. The Balaban J connectivity index is 1.09. The van der Waals surface area contributed by atoms with Crippen LogP contribution in [0.5, 0.6) is 0 Å². The molecule has 0 spiro atoms. The van der Waals surface area contributed by atoms with Crippen molar-refractivity contribution >= 4 is 40.1 Å². The number of carbonyl (C=O) groups is 2. The van der Waals surface area contributed by atoms with E-state index in [-0.39, 0.29) is 11.8 Å². The second-order valence-corrected chi connectivity index (χ2v) is 10.3. The number of amides is 2. The van der Waals surface area contributed by atoms with Crippen LogP contribution in [0.4, 0.5) is 5.69 Å². The molecule has 7 heteroatoms. The average molecular weight is 580 g/mol. The van der Waals surface area contributed by atoms with Crippen LogP contribution < -0.4 is 5.32 Å². The average Bonchev–Trinajstić information content (AvgIpc) is 2.88. The third-order valence-electron chi connectivity index (χ3n) is 6.83. The highest BCUT2D eigenvalue weighted by Gasteiger charge is 2.37. The Bertz CT molecular complexity index is 1170. The van der Waals surface area contributed by atoms with Gasteiger partial charge in [-0.1, -0.05) is 48.5 Å². The van der Waals surface area contributed by atoms with E-state index in [9.17, 15) is 9.59 Å². The summed E-state index contributed by atoms with van der Waals surface area (Å²) in [5.41, 5.74) is 3.74. The molecule has 3 aromatic rings. The zero-order valence-electron chi connectivity index (χ0n) is 19.6. The summed E-state index contributed by atoms with van der Waals surface area (Å²) in [4.78, 5) is 32.0. The van der Waals surface area contributed by atoms with Gasteiger partial charge in [0.2, 0.25) is 0 Å². The van der Waals surface area contributed by atoms with Gasteiger partial charge in [0.15, 0.2) is 0 Å². The summed E-state index contributed by atoms with van der Waals surface area (Å²) in [5.74, 6) is 0.193. The molecule has 2 amide bonds. The molecule has 0 radical (unpaired) electrons. The first-order valence-electron chi connectivity index (χ1n) is 12.0. The summed E-state index contributed by atoms with van der Waals surface area (Å²) < 4.78 is 1.04. The fourth-order valence-electron chi connectivity index (χ4n) is 4.67. The van der Waals surface area contributed by atoms with E-state index < -0.39 is 0 Å². The third-order valence-corrected chi connectivity index (χ3v) is 7.72. The second-order valence-electron chi connectivity index (χ2n) is 9.09. The van der Waals surface area contributed by atoms with Crippen LogP contribution in [0, 0.1) is 3.57 Å². The van der Waals surface area contributed by atoms with E-state index >= 15 is 0 Å². The molecule has 0 atom stereocenters. The molecule has 2 heterocycles. The van der Waals surface area contributed by atoms with Crippen LogP contribution in [0.25, 0.3) is 0 Å². The monoisotopic (exact) mass is 580 g/mol. The van der Waals surface area contributed by atoms with E-state index in [1.54, 1.807) is 0 Å². The molecular formula is C28H29IN4O2. The number of benzene rings is 3. The number of likely N-dealkylation sites (tertiary alicyclic amines) is 1. The molecule has 2 aliphatic heterocycles. The number of nitrogens with zero attached hydrogens (tertiary/aromatic N) is 3. The fraction of sp³-hybridized carbons (Fsp3) is 0.286. The molecule has 5 rings (SSSR count). The van der Waals surface area contributed by atoms with Gasteiger partial charge in [-0.3, -0.25) is 14.5 Å². The van der Waals surface area contributed by atoms with E-state index in [1.165, 1.54) is 5.56 Å². The summed E-state index contributed by atoms with van der Waals surface area (Å²) in [5, 5.41) is 3.46. The van der Waals surface area contributed by atoms with Crippen molar-refractivity contribution in [1.82, 2.24) is 14.7 Å². The zero-order chi connectivity index (χ0) is 24.2. The largest absolute Gasteiger partial charge is 0.380 e. The van der Waals surface area contributed by atoms with Gasteiger partial charge in [-0.2, -0.15) is 0 Å². The summed E-state index contributed by atoms with van der Waals surface area (Å²) in [7, 11) is 0. The van der Waals surface area contributed by atoms with Crippen LogP contribution in [0.1, 0.15) is 26.3 Å². The highest BCUT2D eigenvalue weighted by atomic mass is 127. The normalized spacial score (nSPS) is 16.6. The van der Waals surface area contributed by atoms with Crippen LogP contribution in [0.15, 0.2) is 78.9 Å². The van der Waals surface area contributed by atoms with Crippen molar-refractivity contribution in [2.45, 2.75) is 12.6 Å². The molecule has 2 saturated heterocycles. The molecule has 0 bridgehead atoms. The molecule has 1 N–H and O–H groups in total. The molecule has 35 heavy (non-hydrogen) atoms. The van der Waals surface area contributed by atoms with Crippen molar-refractivity contribution in [1.29, 1.82) is 0 Å². The molecule has 2 aliphatic rings. The van der Waals surface area contributed by atoms with Crippen molar-refractivity contribution in [2.24, 2.45) is 0 Å². The third kappa shape index (κ3) is 5.51. The minimum Gasteiger partial charge on any atom is -0.380 e. The summed E-state index contributed by atoms with van der Waals surface area (Å²) in [6.07, 6.45) is 0. The van der Waals surface area contributed by atoms with Gasteiger partial charge in [-0.15, -0.1) is 0 Å². The number of anilines is 1. The van der Waals surface area contributed by atoms with Gasteiger partial charge in [0.05, 0.1) is 0 Å². The Labute approximate surface area is 220 Å². The lowest BCUT2D eigenvalue weighted by molar-refractivity contribution is 0.00853. The first-order chi connectivity index (χ1) is 17.1. The number of halogens is 1. The molecule has 6 nitrogen and oxygen atoms in total. The number of hydrogen-bond donors (Lipinski definition) is 1. The predicted molar refractivity (Wildman–Crippen MR) is 147 cm³/mol. The van der Waals surface area contributed by atoms with Crippen molar-refractivity contribution < 1.29 is 9.59 Å². The molecule has 3 aromatic carbocycles. The smallest absolute Gasteiger partial charge is 0.254 e. The number of rotatable bonds is 6. The summed E-state index contributed by atoms with van der Waals surface area (Å²) in [6, 6.07) is 26.0. The quantitative estimate of drug-likeness (QED) is 0.445. The Kier molecular flexibility index (Phi) is 7.34. The topological polar surface area (TPSA) is 55.9 Å². The molecule has 180 valence electrons. The van der Waals surface area contributed by atoms with E-state index in [1.807, 2.05) is 76.5 Å². The Morgan fingerprint density at radius 2 is 1.40 bits per heavy atom. The van der Waals surface area contributed by atoms with Crippen LogP contribution in [0.3, 0.4) is 0 Å². The van der Waals surface area contributed by atoms with E-state index in [2.05, 4.69) is 44.9 Å². The molecule has 0 saturated carbocycles. The molecule has 0 unspecified atom stereocenters. The van der Waals surface area contributed by atoms with E-state index in [0.717, 1.165) is 66.2 Å². The predicted octanol–water partition coefficient (Wildman–Crippen LogP) is 4.19. The minimum absolute atomic E-state index is 0.0895.